The Balaban J connectivity index is 2.16. The number of aromatic nitrogens is 1. The van der Waals surface area contributed by atoms with Gasteiger partial charge in [0.15, 0.2) is 0 Å². The normalized spacial score (nSPS) is 20.9. The molecule has 1 saturated heterocycles. The highest BCUT2D eigenvalue weighted by atomic mass is 16.1. The average molecular weight is 218 g/mol. The number of hydrogen-bond acceptors (Lipinski definition) is 3. The van der Waals surface area contributed by atoms with Gasteiger partial charge in [-0.3, -0.25) is 4.79 Å². The minimum absolute atomic E-state index is 0.190. The van der Waals surface area contributed by atoms with Crippen molar-refractivity contribution in [1.29, 1.82) is 0 Å². The van der Waals surface area contributed by atoms with Crippen LogP contribution in [0.1, 0.15) is 25.3 Å². The molecule has 1 aliphatic rings. The molecule has 0 amide bonds. The van der Waals surface area contributed by atoms with Gasteiger partial charge in [-0.1, -0.05) is 6.07 Å². The van der Waals surface area contributed by atoms with E-state index >= 15 is 0 Å². The number of nitrogens with zero attached hydrogens (tertiary/aromatic N) is 2. The molecule has 2 rings (SSSR count). The molecule has 0 N–H and O–H groups in total. The molecule has 3 heteroatoms. The Morgan fingerprint density at radius 2 is 2.38 bits per heavy atom. The monoisotopic (exact) mass is 218 g/mol. The van der Waals surface area contributed by atoms with E-state index in [0.29, 0.717) is 5.78 Å². The van der Waals surface area contributed by atoms with Crippen molar-refractivity contribution in [2.75, 3.05) is 18.0 Å². The average Bonchev–Trinajstić information content (AvgIpc) is 2.30. The molecule has 1 aliphatic heterocycles. The fourth-order valence-corrected chi connectivity index (χ4v) is 2.31. The largest absolute Gasteiger partial charge is 0.356 e. The number of hydrogen-bond donors (Lipinski definition) is 0. The van der Waals surface area contributed by atoms with Crippen molar-refractivity contribution in [2.24, 2.45) is 5.92 Å². The maximum Gasteiger partial charge on any atom is 0.134 e. The van der Waals surface area contributed by atoms with Gasteiger partial charge in [0.05, 0.1) is 0 Å². The van der Waals surface area contributed by atoms with E-state index in [-0.39, 0.29) is 5.92 Å². The molecule has 0 bridgehead atoms. The van der Waals surface area contributed by atoms with Gasteiger partial charge in [0, 0.05) is 25.2 Å². The second-order valence-corrected chi connectivity index (χ2v) is 4.54. The Labute approximate surface area is 96.5 Å². The van der Waals surface area contributed by atoms with Gasteiger partial charge in [0.25, 0.3) is 0 Å². The Morgan fingerprint density at radius 3 is 3.06 bits per heavy atom. The lowest BCUT2D eigenvalue weighted by Crippen LogP contribution is -2.38. The summed E-state index contributed by atoms with van der Waals surface area (Å²) in [5.41, 5.74) is 1.19. The van der Waals surface area contributed by atoms with Crippen molar-refractivity contribution in [1.82, 2.24) is 4.98 Å². The third-order valence-electron chi connectivity index (χ3n) is 3.28. The second-order valence-electron chi connectivity index (χ2n) is 4.54. The van der Waals surface area contributed by atoms with Gasteiger partial charge in [-0.15, -0.1) is 0 Å². The number of carbonyl (C=O) groups excluding carboxylic acids is 1. The molecular formula is C13H18N2O. The Morgan fingerprint density at radius 1 is 1.56 bits per heavy atom. The van der Waals surface area contributed by atoms with Crippen LogP contribution in [0.5, 0.6) is 0 Å². The Hall–Kier alpha value is -1.38. The topological polar surface area (TPSA) is 33.2 Å². The van der Waals surface area contributed by atoms with Gasteiger partial charge < -0.3 is 4.90 Å². The molecule has 1 atom stereocenters. The zero-order valence-corrected chi connectivity index (χ0v) is 9.94. The summed E-state index contributed by atoms with van der Waals surface area (Å²) in [6, 6.07) is 4.02. The van der Waals surface area contributed by atoms with Crippen molar-refractivity contribution in [3.05, 3.63) is 23.9 Å². The van der Waals surface area contributed by atoms with Gasteiger partial charge in [-0.25, -0.2) is 4.98 Å². The molecule has 0 aromatic carbocycles. The highest BCUT2D eigenvalue weighted by Gasteiger charge is 2.24. The molecule has 0 radical (unpaired) electrons. The predicted molar refractivity (Wildman–Crippen MR) is 64.6 cm³/mol. The van der Waals surface area contributed by atoms with Crippen LogP contribution in [0.25, 0.3) is 0 Å². The molecule has 0 saturated carbocycles. The Kier molecular flexibility index (Phi) is 3.22. The first-order valence-corrected chi connectivity index (χ1v) is 5.85. The predicted octanol–water partition coefficient (Wildman–Crippen LogP) is 2.20. The lowest BCUT2D eigenvalue weighted by Gasteiger charge is -2.33. The molecule has 86 valence electrons. The number of pyridine rings is 1. The first-order valence-electron chi connectivity index (χ1n) is 5.85. The SMILES string of the molecule is CC(=O)C1CCCN(c2ncccc2C)C1. The van der Waals surface area contributed by atoms with E-state index in [4.69, 9.17) is 0 Å². The first-order chi connectivity index (χ1) is 7.68. The van der Waals surface area contributed by atoms with Crippen LogP contribution in [0.15, 0.2) is 18.3 Å². The lowest BCUT2D eigenvalue weighted by molar-refractivity contribution is -0.120. The zero-order valence-electron chi connectivity index (χ0n) is 9.94. The summed E-state index contributed by atoms with van der Waals surface area (Å²) in [7, 11) is 0. The summed E-state index contributed by atoms with van der Waals surface area (Å²) in [5, 5.41) is 0. The van der Waals surface area contributed by atoms with Crippen LogP contribution in [0.4, 0.5) is 5.82 Å². The summed E-state index contributed by atoms with van der Waals surface area (Å²) in [4.78, 5) is 18.1. The van der Waals surface area contributed by atoms with Gasteiger partial charge in [0.2, 0.25) is 0 Å². The number of rotatable bonds is 2. The molecule has 16 heavy (non-hydrogen) atoms. The molecule has 1 fully saturated rings. The van der Waals surface area contributed by atoms with Crippen LogP contribution in [0.2, 0.25) is 0 Å². The maximum absolute atomic E-state index is 11.4. The number of aryl methyl sites for hydroxylation is 1. The van der Waals surface area contributed by atoms with E-state index in [2.05, 4.69) is 22.9 Å². The third kappa shape index (κ3) is 2.23. The number of Topliss-reactive ketones (excluding diaryl/α,β-unsaturated/α-hetero) is 1. The highest BCUT2D eigenvalue weighted by molar-refractivity contribution is 5.79. The lowest BCUT2D eigenvalue weighted by atomic mass is 9.94. The fraction of sp³-hybridized carbons (Fsp3) is 0.538. The van der Waals surface area contributed by atoms with E-state index in [0.717, 1.165) is 31.7 Å². The number of anilines is 1. The molecule has 0 spiro atoms. The molecule has 1 aromatic rings. The quantitative estimate of drug-likeness (QED) is 0.763. The standard InChI is InChI=1S/C13H18N2O/c1-10-5-3-7-14-13(10)15-8-4-6-12(9-15)11(2)16/h3,5,7,12H,4,6,8-9H2,1-2H3. The molecule has 3 nitrogen and oxygen atoms in total. The van der Waals surface area contributed by atoms with E-state index in [9.17, 15) is 4.79 Å². The number of piperidine rings is 1. The van der Waals surface area contributed by atoms with E-state index in [1.807, 2.05) is 12.3 Å². The maximum atomic E-state index is 11.4. The zero-order chi connectivity index (χ0) is 11.5. The molecule has 1 aromatic heterocycles. The van der Waals surface area contributed by atoms with Crippen molar-refractivity contribution >= 4 is 11.6 Å². The van der Waals surface area contributed by atoms with E-state index in [1.54, 1.807) is 6.92 Å². The summed E-state index contributed by atoms with van der Waals surface area (Å²) in [6.45, 7) is 5.61. The van der Waals surface area contributed by atoms with Crippen LogP contribution in [-0.4, -0.2) is 23.9 Å². The minimum atomic E-state index is 0.190. The smallest absolute Gasteiger partial charge is 0.134 e. The summed E-state index contributed by atoms with van der Waals surface area (Å²) >= 11 is 0. The van der Waals surface area contributed by atoms with Gasteiger partial charge in [-0.05, 0) is 38.3 Å². The third-order valence-corrected chi connectivity index (χ3v) is 3.28. The van der Waals surface area contributed by atoms with Crippen LogP contribution in [0, 0.1) is 12.8 Å². The van der Waals surface area contributed by atoms with Gasteiger partial charge in [-0.2, -0.15) is 0 Å². The highest BCUT2D eigenvalue weighted by Crippen LogP contribution is 2.24. The minimum Gasteiger partial charge on any atom is -0.356 e. The van der Waals surface area contributed by atoms with Crippen molar-refractivity contribution < 1.29 is 4.79 Å². The molecular weight excluding hydrogens is 200 g/mol. The van der Waals surface area contributed by atoms with Crippen molar-refractivity contribution in [2.45, 2.75) is 26.7 Å². The van der Waals surface area contributed by atoms with E-state index in [1.165, 1.54) is 5.56 Å². The Bertz CT molecular complexity index is 389. The summed E-state index contributed by atoms with van der Waals surface area (Å²) in [5.74, 6) is 1.53. The van der Waals surface area contributed by atoms with Crippen molar-refractivity contribution in [3.63, 3.8) is 0 Å². The summed E-state index contributed by atoms with van der Waals surface area (Å²) < 4.78 is 0. The summed E-state index contributed by atoms with van der Waals surface area (Å²) in [6.07, 6.45) is 3.93. The van der Waals surface area contributed by atoms with Gasteiger partial charge in [0.1, 0.15) is 11.6 Å². The van der Waals surface area contributed by atoms with Crippen LogP contribution >= 0.6 is 0 Å². The second kappa shape index (κ2) is 4.64. The molecule has 0 aliphatic carbocycles. The number of carbonyl (C=O) groups is 1. The number of ketones is 1. The molecule has 1 unspecified atom stereocenters. The van der Waals surface area contributed by atoms with Crippen LogP contribution in [-0.2, 0) is 4.79 Å². The fourth-order valence-electron chi connectivity index (χ4n) is 2.31. The molecule has 2 heterocycles. The van der Waals surface area contributed by atoms with E-state index < -0.39 is 0 Å². The first kappa shape index (κ1) is 11.1. The van der Waals surface area contributed by atoms with Gasteiger partial charge >= 0.3 is 0 Å². The van der Waals surface area contributed by atoms with Crippen LogP contribution in [0.3, 0.4) is 0 Å². The van der Waals surface area contributed by atoms with Crippen molar-refractivity contribution in [3.8, 4) is 0 Å². The van der Waals surface area contributed by atoms with Crippen LogP contribution < -0.4 is 4.90 Å².